The van der Waals surface area contributed by atoms with Crippen LogP contribution < -0.4 is 31.0 Å². The van der Waals surface area contributed by atoms with Crippen molar-refractivity contribution in [2.75, 3.05) is 94.4 Å². The van der Waals surface area contributed by atoms with E-state index in [1.165, 1.54) is 13.5 Å². The number of carbonyl (C=O) groups is 5. The van der Waals surface area contributed by atoms with Crippen LogP contribution in [0.25, 0.3) is 76.4 Å². The van der Waals surface area contributed by atoms with Crippen LogP contribution in [0.3, 0.4) is 0 Å². The van der Waals surface area contributed by atoms with E-state index in [0.29, 0.717) is 70.9 Å². The molecule has 15 aromatic rings. The third-order valence-electron chi connectivity index (χ3n) is 21.6. The Balaban J connectivity index is 0.000000216. The van der Waals surface area contributed by atoms with E-state index in [1.807, 2.05) is 244 Å². The zero-order chi connectivity index (χ0) is 97.3. The van der Waals surface area contributed by atoms with Crippen LogP contribution in [0.1, 0.15) is 137 Å². The third kappa shape index (κ3) is 26.8. The van der Waals surface area contributed by atoms with Crippen molar-refractivity contribution >= 4 is 117 Å². The summed E-state index contributed by atoms with van der Waals surface area (Å²) in [7, 11) is 21.5. The number of phenolic OH excluding ortho intramolecular Hbond substituents is 1. The fourth-order valence-electron chi connectivity index (χ4n) is 13.1. The molecule has 0 fully saturated rings. The molecular formula is C102H123N15O14. The van der Waals surface area contributed by atoms with E-state index >= 15 is 0 Å². The molecule has 1 amide bonds. The molecule has 5 unspecified atom stereocenters. The molecule has 3 aromatic heterocycles. The summed E-state index contributed by atoms with van der Waals surface area (Å²) < 4.78 is 23.7. The molecule has 0 aliphatic heterocycles. The summed E-state index contributed by atoms with van der Waals surface area (Å²) in [6, 6.07) is 74.8. The second-order valence-electron chi connectivity index (χ2n) is 31.3. The Morgan fingerprint density at radius 2 is 0.809 bits per heavy atom. The zero-order valence-corrected chi connectivity index (χ0v) is 78.1. The van der Waals surface area contributed by atoms with Crippen LogP contribution in [0.5, 0.6) is 23.0 Å². The summed E-state index contributed by atoms with van der Waals surface area (Å²) in [6.07, 6.45) is 0. The first-order valence-corrected chi connectivity index (χ1v) is 42.2. The number of anilines is 3. The topological polar surface area (TPSA) is 403 Å². The van der Waals surface area contributed by atoms with Gasteiger partial charge in [0.15, 0.2) is 0 Å². The molecule has 29 nitrogen and oxygen atoms in total. The lowest BCUT2D eigenvalue weighted by atomic mass is 9.90. The number of nitrogens with one attached hydrogen (secondary N) is 4. The Bertz CT molecular complexity index is 6320. The molecule has 0 spiro atoms. The fraction of sp³-hybridized carbons (Fsp3) is 0.275. The lowest BCUT2D eigenvalue weighted by Crippen LogP contribution is -2.37. The van der Waals surface area contributed by atoms with Crippen LogP contribution in [0, 0.1) is 10.1 Å². The first-order chi connectivity index (χ1) is 63.1. The Labute approximate surface area is 766 Å². The van der Waals surface area contributed by atoms with Crippen LogP contribution in [0.4, 0.5) is 22.7 Å². The van der Waals surface area contributed by atoms with Crippen molar-refractivity contribution in [3.8, 4) is 34.3 Å². The van der Waals surface area contributed by atoms with Gasteiger partial charge in [-0.1, -0.05) is 234 Å². The lowest BCUT2D eigenvalue weighted by molar-refractivity contribution is -0.383. The number of carboxylic acid groups (broad SMARTS) is 2. The second kappa shape index (κ2) is 49.2. The van der Waals surface area contributed by atoms with Crippen molar-refractivity contribution in [3.05, 3.63) is 292 Å². The van der Waals surface area contributed by atoms with Crippen molar-refractivity contribution < 1.29 is 64.9 Å². The lowest BCUT2D eigenvalue weighted by Gasteiger charge is -2.21. The number of nitrogen functional groups attached to an aromatic ring is 2. The average Bonchev–Trinajstić information content (AvgIpc) is 1.61. The van der Waals surface area contributed by atoms with E-state index in [-0.39, 0.29) is 53.2 Å². The van der Waals surface area contributed by atoms with Gasteiger partial charge >= 0.3 is 5.97 Å². The zero-order valence-electron chi connectivity index (χ0n) is 79.1. The summed E-state index contributed by atoms with van der Waals surface area (Å²) in [6.45, 7) is 16.1. The molecule has 5 atom stereocenters. The summed E-state index contributed by atoms with van der Waals surface area (Å²) in [5, 5.41) is 54.1. The van der Waals surface area contributed by atoms with Gasteiger partial charge in [0.25, 0.3) is 17.4 Å². The van der Waals surface area contributed by atoms with E-state index in [9.17, 15) is 34.4 Å². The van der Waals surface area contributed by atoms with Gasteiger partial charge in [-0.05, 0) is 122 Å². The number of H-pyrrole nitrogens is 3. The number of nitrogens with two attached hydrogens (primary N) is 2. The number of hydrogen-bond donors (Lipinski definition) is 10. The molecule has 1 aliphatic rings. The van der Waals surface area contributed by atoms with Crippen LogP contribution in [0.15, 0.2) is 237 Å². The summed E-state index contributed by atoms with van der Waals surface area (Å²) in [5.74, 6) is 2.20. The number of aromatic hydroxyl groups is 1. The number of carboxylic acids is 2. The number of imidazole rings is 3. The number of aliphatic hydroxyl groups excluding tert-OH is 1. The highest BCUT2D eigenvalue weighted by Gasteiger charge is 2.34. The largest absolute Gasteiger partial charge is 0.507 e. The van der Waals surface area contributed by atoms with Gasteiger partial charge in [-0.15, -0.1) is 0 Å². The number of likely N-dealkylation sites (N-methyl/N-ethyl adjacent to an activating group) is 2. The van der Waals surface area contributed by atoms with Crippen LogP contribution >= 0.6 is 0 Å². The van der Waals surface area contributed by atoms with E-state index in [2.05, 4.69) is 93.3 Å². The van der Waals surface area contributed by atoms with E-state index in [4.69, 9.17) is 57.1 Å². The number of hydrogen-bond acceptors (Lipinski definition) is 22. The Kier molecular flexibility index (Phi) is 38.3. The van der Waals surface area contributed by atoms with Crippen molar-refractivity contribution in [2.45, 2.75) is 113 Å². The molecule has 0 radical (unpaired) electrons. The number of nitro benzene ring substituents is 1. The maximum atomic E-state index is 12.5. The molecule has 3 heterocycles. The maximum absolute atomic E-state index is 12.5. The second-order valence-corrected chi connectivity index (χ2v) is 31.3. The van der Waals surface area contributed by atoms with Crippen molar-refractivity contribution in [1.82, 2.24) is 54.4 Å². The van der Waals surface area contributed by atoms with Gasteiger partial charge in [0.2, 0.25) is 11.7 Å². The van der Waals surface area contributed by atoms with Gasteiger partial charge < -0.3 is 66.4 Å². The Hall–Kier alpha value is -14.5. The number of aliphatic hydroxyl groups is 1. The minimum atomic E-state index is -0.833. The number of rotatable bonds is 21. The first-order valence-electron chi connectivity index (χ1n) is 43.2. The molecule has 12 N–H and O–H groups in total. The number of aliphatic carboxylic acids is 2. The molecule has 0 bridgehead atoms. The molecule has 0 saturated carbocycles. The summed E-state index contributed by atoms with van der Waals surface area (Å²) in [4.78, 5) is 100. The molecule has 690 valence electrons. The Morgan fingerprint density at radius 1 is 0.466 bits per heavy atom. The average molecular weight is 1780 g/mol. The van der Waals surface area contributed by atoms with Crippen LogP contribution in [0.2, 0.25) is 0 Å². The van der Waals surface area contributed by atoms with Crippen LogP contribution in [-0.4, -0.2) is 199 Å². The molecule has 12 aromatic carbocycles. The van der Waals surface area contributed by atoms with Gasteiger partial charge in [0.1, 0.15) is 83.4 Å². The predicted octanol–water partition coefficient (Wildman–Crippen LogP) is 19.2. The highest BCUT2D eigenvalue weighted by Crippen LogP contribution is 2.41. The van der Waals surface area contributed by atoms with Crippen molar-refractivity contribution in [1.29, 1.82) is 0 Å². The standard InChI is InChI=1S/C22H25N3O2.C22H23N3O.C17H14N2O3.C15H15N3O2.C15H17N3O.C5H11NO2.C2H4O2.C2H6.CH4O.CH4/c1-15(25(2)3)22(26)24-21-18-12-8-7-11-17(18)20(13-19(21)23)27-14-16-9-5-4-6-10-16;1-15(25(2)3)22-23-19-13-20(26-14-16-9-5-4-6-10-16)17-11-7-8-12-18(17)21(19)24-22;18-17-14-9-5-4-8-13(14)16(10-15(17)19(20)21)22-11-12-6-2-1-3-7-12;1-8(18(2)3)15-16-11-9-6-4-5-7-10(9)13(19)14(20)12(11)17-15;1-9(18(2)3)15-16-12-8-13(19)10-6-4-5-7-11(10)14(12)17-15;1-4(5(7)8)6(2)3;1-2(3)4;2*1-2;/h4-13,15H,14,23H2,1-3H3,(H,24,26);4-13,15H,14H2,1-3H3,(H,23,24);1-10H,11,18H2;4-8H,1-3H3,(H,16,17);4-9,19H,1-3H3,(H,16,17);4H,1-3H3,(H,7,8);1H3,(H,3,4);1-2H3;2H,1H3;1H4/i;;;;;;;;;1D. The quantitative estimate of drug-likeness (QED) is 0.0138. The fourth-order valence-corrected chi connectivity index (χ4v) is 13.1. The first kappa shape index (κ1) is 102. The Morgan fingerprint density at radius 3 is 1.22 bits per heavy atom. The van der Waals surface area contributed by atoms with E-state index < -0.39 is 28.4 Å². The van der Waals surface area contributed by atoms with Gasteiger partial charge in [-0.25, -0.2) is 15.0 Å². The number of phenols is 1. The SMILES string of the molecule is CC.CC(=O)O.CC(C(=O)Nc1c(N)cc(OCc2ccccc2)c2ccccc12)N(C)C.CC(C(=O)O)N(C)C.CC(c1nc2c([nH]1)C(=O)C(=O)c1ccccc1-2)N(C)C.CC(c1nc2c(cc(O)c3ccccc32)[nH]1)N(C)C.CC(c1nc2c(cc(OCc3ccccc3)c3ccccc32)[nH]1)N(C)C.CO.Nc1c([N+](=O)[O-])cc(OCc2ccccc2)c2ccccc12.[2H]C. The number of fused-ring (bicyclic) bond motifs is 11. The number of aromatic nitrogens is 6. The number of ether oxygens (including phenoxy) is 3. The number of carbonyl (C=O) groups excluding carboxylic acids is 3. The number of amides is 1. The predicted molar refractivity (Wildman–Crippen MR) is 526 cm³/mol. The van der Waals surface area contributed by atoms with E-state index in [1.54, 1.807) is 62.3 Å². The number of ketones is 2. The highest BCUT2D eigenvalue weighted by molar-refractivity contribution is 6.52. The minimum Gasteiger partial charge on any atom is -0.507 e. The third-order valence-corrected chi connectivity index (χ3v) is 21.6. The summed E-state index contributed by atoms with van der Waals surface area (Å²) >= 11 is 0. The molecular weight excluding hydrogens is 1660 g/mol. The highest BCUT2D eigenvalue weighted by atomic mass is 16.6. The number of benzene rings is 12. The number of Topliss-reactive ketones (excluding diaryl/α,β-unsaturated/α-hetero) is 2. The molecule has 16 rings (SSSR count). The number of nitrogens with zero attached hydrogens (tertiary/aromatic N) is 9. The smallest absolute Gasteiger partial charge is 0.320 e. The van der Waals surface area contributed by atoms with Gasteiger partial charge in [-0.3, -0.25) is 58.6 Å². The van der Waals surface area contributed by atoms with Crippen molar-refractivity contribution in [3.63, 3.8) is 0 Å². The van der Waals surface area contributed by atoms with Gasteiger partial charge in [0.05, 0.1) is 68.6 Å². The monoisotopic (exact) mass is 1780 g/mol. The van der Waals surface area contributed by atoms with Gasteiger partial charge in [0, 0.05) is 87.8 Å². The molecule has 29 heteroatoms. The van der Waals surface area contributed by atoms with Gasteiger partial charge in [-0.2, -0.15) is 0 Å². The van der Waals surface area contributed by atoms with Crippen molar-refractivity contribution in [2.24, 2.45) is 0 Å². The summed E-state index contributed by atoms with van der Waals surface area (Å²) in [5.41, 5.74) is 22.4. The normalized spacial score (nSPS) is 12.3. The maximum Gasteiger partial charge on any atom is 0.320 e. The van der Waals surface area contributed by atoms with E-state index in [0.717, 1.165) is 113 Å². The molecule has 131 heavy (non-hydrogen) atoms. The number of aromatic amines is 3. The molecule has 0 saturated heterocycles. The molecule has 1 aliphatic carbocycles. The minimum absolute atomic E-state index is 0.0377. The van der Waals surface area contributed by atoms with Crippen LogP contribution in [-0.2, 0) is 34.2 Å². The number of nitro groups is 1.